The summed E-state index contributed by atoms with van der Waals surface area (Å²) in [4.78, 5) is 2.97. The van der Waals surface area contributed by atoms with Gasteiger partial charge in [0.15, 0.2) is 0 Å². The summed E-state index contributed by atoms with van der Waals surface area (Å²) in [5, 5.41) is 4.25. The zero-order valence-corrected chi connectivity index (χ0v) is 11.9. The number of likely N-dealkylation sites (N-methyl/N-ethyl adjacent to an activating group) is 1. The maximum absolute atomic E-state index is 5.93. The van der Waals surface area contributed by atoms with E-state index in [4.69, 9.17) is 18.0 Å². The smallest absolute Gasteiger partial charge is 0.0948 e. The summed E-state index contributed by atoms with van der Waals surface area (Å²) in [5.74, 6) is 0. The Bertz CT molecular complexity index is 356. The van der Waals surface area contributed by atoms with Crippen LogP contribution in [0.15, 0.2) is 16.8 Å². The summed E-state index contributed by atoms with van der Waals surface area (Å²) in [7, 11) is 2.16. The quantitative estimate of drug-likeness (QED) is 0.849. The molecule has 1 fully saturated rings. The van der Waals surface area contributed by atoms with Crippen LogP contribution in [0.1, 0.15) is 43.7 Å². The standard InChI is InChI=1S/C13H20N2S2/c1-15(11-5-3-2-4-6-11)12(13(14)16)10-7-8-17-9-10/h7-9,11-12H,2-6H2,1H3,(H2,14,16). The number of thiophene rings is 1. The number of thiocarbonyl (C=S) groups is 1. The molecule has 2 rings (SSSR count). The van der Waals surface area contributed by atoms with Crippen molar-refractivity contribution < 1.29 is 0 Å². The van der Waals surface area contributed by atoms with Gasteiger partial charge in [-0.15, -0.1) is 0 Å². The van der Waals surface area contributed by atoms with E-state index in [1.165, 1.54) is 37.7 Å². The van der Waals surface area contributed by atoms with E-state index in [1.54, 1.807) is 11.3 Å². The Morgan fingerprint density at radius 3 is 2.71 bits per heavy atom. The van der Waals surface area contributed by atoms with Crippen molar-refractivity contribution in [3.05, 3.63) is 22.4 Å². The van der Waals surface area contributed by atoms with Gasteiger partial charge in [-0.2, -0.15) is 11.3 Å². The largest absolute Gasteiger partial charge is 0.392 e. The van der Waals surface area contributed by atoms with Gasteiger partial charge in [0, 0.05) is 6.04 Å². The lowest BCUT2D eigenvalue weighted by molar-refractivity contribution is 0.170. The molecule has 0 spiro atoms. The molecule has 1 heterocycles. The van der Waals surface area contributed by atoms with E-state index in [9.17, 15) is 0 Å². The lowest BCUT2D eigenvalue weighted by Crippen LogP contribution is -2.41. The molecular formula is C13H20N2S2. The van der Waals surface area contributed by atoms with Crippen molar-refractivity contribution in [2.75, 3.05) is 7.05 Å². The third-order valence-corrected chi connectivity index (χ3v) is 4.61. The van der Waals surface area contributed by atoms with E-state index < -0.39 is 0 Å². The van der Waals surface area contributed by atoms with Crippen LogP contribution in [0.5, 0.6) is 0 Å². The van der Waals surface area contributed by atoms with Gasteiger partial charge in [-0.3, -0.25) is 4.90 Å². The summed E-state index contributed by atoms with van der Waals surface area (Å²) in [6, 6.07) is 2.88. The summed E-state index contributed by atoms with van der Waals surface area (Å²) in [5.41, 5.74) is 7.18. The van der Waals surface area contributed by atoms with Gasteiger partial charge in [0.25, 0.3) is 0 Å². The van der Waals surface area contributed by atoms with Gasteiger partial charge in [-0.1, -0.05) is 31.5 Å². The third kappa shape index (κ3) is 3.06. The molecule has 0 aromatic carbocycles. The molecule has 17 heavy (non-hydrogen) atoms. The second-order valence-corrected chi connectivity index (χ2v) is 6.07. The molecule has 1 aromatic rings. The van der Waals surface area contributed by atoms with E-state index in [0.29, 0.717) is 11.0 Å². The zero-order chi connectivity index (χ0) is 12.3. The van der Waals surface area contributed by atoms with Crippen LogP contribution in [0.4, 0.5) is 0 Å². The van der Waals surface area contributed by atoms with Crippen molar-refractivity contribution in [2.45, 2.75) is 44.2 Å². The van der Waals surface area contributed by atoms with Crippen LogP contribution in [0.3, 0.4) is 0 Å². The van der Waals surface area contributed by atoms with Gasteiger partial charge in [-0.25, -0.2) is 0 Å². The summed E-state index contributed by atoms with van der Waals surface area (Å²) in [6.45, 7) is 0. The van der Waals surface area contributed by atoms with Crippen LogP contribution >= 0.6 is 23.6 Å². The molecule has 0 amide bonds. The molecule has 1 aliphatic carbocycles. The minimum Gasteiger partial charge on any atom is -0.392 e. The molecule has 0 radical (unpaired) electrons. The first-order valence-electron chi connectivity index (χ1n) is 6.23. The molecule has 1 atom stereocenters. The van der Waals surface area contributed by atoms with Crippen molar-refractivity contribution >= 4 is 28.5 Å². The number of hydrogen-bond acceptors (Lipinski definition) is 3. The van der Waals surface area contributed by atoms with Gasteiger partial charge in [0.2, 0.25) is 0 Å². The second kappa shape index (κ2) is 5.94. The zero-order valence-electron chi connectivity index (χ0n) is 10.3. The van der Waals surface area contributed by atoms with Crippen LogP contribution in [0.25, 0.3) is 0 Å². The number of nitrogens with two attached hydrogens (primary N) is 1. The Balaban J connectivity index is 2.12. The van der Waals surface area contributed by atoms with Gasteiger partial charge in [0.05, 0.1) is 11.0 Å². The minimum atomic E-state index is 0.111. The third-order valence-electron chi connectivity index (χ3n) is 3.69. The lowest BCUT2D eigenvalue weighted by Gasteiger charge is -2.36. The van der Waals surface area contributed by atoms with Crippen LogP contribution in [0, 0.1) is 0 Å². The van der Waals surface area contributed by atoms with Gasteiger partial charge in [-0.05, 0) is 42.3 Å². The van der Waals surface area contributed by atoms with Crippen LogP contribution < -0.4 is 5.73 Å². The highest BCUT2D eigenvalue weighted by atomic mass is 32.1. The molecule has 4 heteroatoms. The van der Waals surface area contributed by atoms with Crippen LogP contribution in [-0.2, 0) is 0 Å². The molecule has 0 aliphatic heterocycles. The molecule has 2 N–H and O–H groups in total. The minimum absolute atomic E-state index is 0.111. The average Bonchev–Trinajstić information content (AvgIpc) is 2.83. The lowest BCUT2D eigenvalue weighted by atomic mass is 9.93. The van der Waals surface area contributed by atoms with E-state index in [-0.39, 0.29) is 6.04 Å². The Kier molecular flexibility index (Phi) is 4.54. The molecule has 0 bridgehead atoms. The maximum atomic E-state index is 5.93. The molecule has 94 valence electrons. The molecule has 1 aromatic heterocycles. The molecule has 1 unspecified atom stereocenters. The molecule has 1 aliphatic rings. The summed E-state index contributed by atoms with van der Waals surface area (Å²) in [6.07, 6.45) is 6.60. The Morgan fingerprint density at radius 1 is 1.47 bits per heavy atom. The van der Waals surface area contributed by atoms with Crippen LogP contribution in [0.2, 0.25) is 0 Å². The summed E-state index contributed by atoms with van der Waals surface area (Å²) >= 11 is 6.96. The molecule has 1 saturated carbocycles. The van der Waals surface area contributed by atoms with Crippen molar-refractivity contribution in [1.82, 2.24) is 4.90 Å². The SMILES string of the molecule is CN(C1CCCCC1)C(C(N)=S)c1ccsc1. The van der Waals surface area contributed by atoms with E-state index in [1.807, 2.05) is 0 Å². The van der Waals surface area contributed by atoms with Gasteiger partial charge < -0.3 is 5.73 Å². The first kappa shape index (κ1) is 13.0. The first-order chi connectivity index (χ1) is 8.20. The topological polar surface area (TPSA) is 29.3 Å². The van der Waals surface area contributed by atoms with Crippen molar-refractivity contribution in [3.63, 3.8) is 0 Å². The fourth-order valence-corrected chi connectivity index (χ4v) is 3.71. The maximum Gasteiger partial charge on any atom is 0.0948 e. The van der Waals surface area contributed by atoms with Crippen LogP contribution in [-0.4, -0.2) is 23.0 Å². The van der Waals surface area contributed by atoms with Crippen molar-refractivity contribution in [1.29, 1.82) is 0 Å². The van der Waals surface area contributed by atoms with E-state index >= 15 is 0 Å². The molecular weight excluding hydrogens is 248 g/mol. The van der Waals surface area contributed by atoms with Crippen molar-refractivity contribution in [2.24, 2.45) is 5.73 Å². The molecule has 0 saturated heterocycles. The monoisotopic (exact) mass is 268 g/mol. The fourth-order valence-electron chi connectivity index (χ4n) is 2.73. The highest BCUT2D eigenvalue weighted by molar-refractivity contribution is 7.80. The highest BCUT2D eigenvalue weighted by Crippen LogP contribution is 2.30. The fraction of sp³-hybridized carbons (Fsp3) is 0.615. The van der Waals surface area contributed by atoms with E-state index in [0.717, 1.165) is 0 Å². The Morgan fingerprint density at radius 2 is 2.18 bits per heavy atom. The normalized spacial score (nSPS) is 19.4. The predicted octanol–water partition coefficient (Wildman–Crippen LogP) is 3.34. The summed E-state index contributed by atoms with van der Waals surface area (Å²) < 4.78 is 0. The Labute approximate surface area is 113 Å². The van der Waals surface area contributed by atoms with E-state index in [2.05, 4.69) is 28.8 Å². The number of hydrogen-bond donors (Lipinski definition) is 1. The molecule has 2 nitrogen and oxygen atoms in total. The van der Waals surface area contributed by atoms with Gasteiger partial charge >= 0.3 is 0 Å². The van der Waals surface area contributed by atoms with Crippen molar-refractivity contribution in [3.8, 4) is 0 Å². The number of rotatable bonds is 4. The second-order valence-electron chi connectivity index (χ2n) is 4.82. The Hall–Kier alpha value is -0.450. The predicted molar refractivity (Wildman–Crippen MR) is 78.5 cm³/mol. The van der Waals surface area contributed by atoms with Gasteiger partial charge in [0.1, 0.15) is 0 Å². The first-order valence-corrected chi connectivity index (χ1v) is 7.58. The average molecular weight is 268 g/mol. The highest BCUT2D eigenvalue weighted by Gasteiger charge is 2.27. The number of nitrogens with zero attached hydrogens (tertiary/aromatic N) is 1.